The SMILES string of the molecule is CC(C)(C)OC(=O)NCCOCCOCCn1cnc2ccc(Br)cc2c1=O. The molecule has 1 aromatic carbocycles. The summed E-state index contributed by atoms with van der Waals surface area (Å²) in [5, 5.41) is 3.18. The monoisotopic (exact) mass is 455 g/mol. The summed E-state index contributed by atoms with van der Waals surface area (Å²) in [6.45, 7) is 7.73. The zero-order valence-corrected chi connectivity index (χ0v) is 18.0. The number of rotatable bonds is 9. The zero-order valence-electron chi connectivity index (χ0n) is 16.4. The molecule has 0 aliphatic carbocycles. The Morgan fingerprint density at radius 2 is 1.89 bits per heavy atom. The fourth-order valence-corrected chi connectivity index (χ4v) is 2.68. The molecule has 0 fully saturated rings. The second-order valence-corrected chi connectivity index (χ2v) is 7.97. The second kappa shape index (κ2) is 10.5. The van der Waals surface area contributed by atoms with E-state index < -0.39 is 11.7 Å². The van der Waals surface area contributed by atoms with E-state index in [9.17, 15) is 9.59 Å². The standard InChI is InChI=1S/C19H26BrN3O5/c1-19(2,3)28-18(25)21-6-8-26-10-11-27-9-7-23-13-22-16-5-4-14(20)12-15(16)17(23)24/h4-5,12-13H,6-11H2,1-3H3,(H,21,25). The summed E-state index contributed by atoms with van der Waals surface area (Å²) in [6, 6.07) is 5.42. The van der Waals surface area contributed by atoms with Gasteiger partial charge in [-0.25, -0.2) is 9.78 Å². The van der Waals surface area contributed by atoms with Gasteiger partial charge >= 0.3 is 6.09 Å². The predicted octanol–water partition coefficient (Wildman–Crippen LogP) is 2.72. The molecule has 154 valence electrons. The molecule has 2 rings (SSSR count). The number of aromatic nitrogens is 2. The van der Waals surface area contributed by atoms with E-state index in [0.29, 0.717) is 50.4 Å². The molecule has 0 aliphatic heterocycles. The second-order valence-electron chi connectivity index (χ2n) is 7.06. The van der Waals surface area contributed by atoms with Crippen LogP contribution in [0.5, 0.6) is 0 Å². The number of hydrogen-bond acceptors (Lipinski definition) is 6. The van der Waals surface area contributed by atoms with Crippen LogP contribution in [0.25, 0.3) is 10.9 Å². The first-order chi connectivity index (χ1) is 13.3. The van der Waals surface area contributed by atoms with Crippen molar-refractivity contribution in [2.24, 2.45) is 0 Å². The molecule has 0 saturated heterocycles. The van der Waals surface area contributed by atoms with Crippen LogP contribution in [0.3, 0.4) is 0 Å². The van der Waals surface area contributed by atoms with Gasteiger partial charge in [0.25, 0.3) is 5.56 Å². The van der Waals surface area contributed by atoms with Gasteiger partial charge in [0.05, 0.1) is 50.2 Å². The van der Waals surface area contributed by atoms with Crippen LogP contribution in [0.4, 0.5) is 4.79 Å². The van der Waals surface area contributed by atoms with E-state index >= 15 is 0 Å². The number of ether oxygens (including phenoxy) is 3. The van der Waals surface area contributed by atoms with Crippen molar-refractivity contribution in [2.75, 3.05) is 33.0 Å². The summed E-state index contributed by atoms with van der Waals surface area (Å²) in [6.07, 6.45) is 1.06. The molecule has 0 bridgehead atoms. The fourth-order valence-electron chi connectivity index (χ4n) is 2.31. The van der Waals surface area contributed by atoms with Gasteiger partial charge in [-0.1, -0.05) is 15.9 Å². The highest BCUT2D eigenvalue weighted by Gasteiger charge is 2.15. The molecule has 0 spiro atoms. The van der Waals surface area contributed by atoms with Crippen LogP contribution < -0.4 is 10.9 Å². The third kappa shape index (κ3) is 7.57. The summed E-state index contributed by atoms with van der Waals surface area (Å²) in [7, 11) is 0. The largest absolute Gasteiger partial charge is 0.444 e. The number of benzene rings is 1. The van der Waals surface area contributed by atoms with Crippen LogP contribution in [0.1, 0.15) is 20.8 Å². The maximum Gasteiger partial charge on any atom is 0.407 e. The van der Waals surface area contributed by atoms with E-state index in [1.165, 1.54) is 10.9 Å². The molecule has 1 heterocycles. The van der Waals surface area contributed by atoms with Crippen molar-refractivity contribution in [2.45, 2.75) is 32.9 Å². The van der Waals surface area contributed by atoms with E-state index in [1.54, 1.807) is 32.9 Å². The van der Waals surface area contributed by atoms with E-state index in [0.717, 1.165) is 4.47 Å². The molecule has 1 amide bonds. The Morgan fingerprint density at radius 3 is 2.61 bits per heavy atom. The number of amides is 1. The topological polar surface area (TPSA) is 91.7 Å². The highest BCUT2D eigenvalue weighted by atomic mass is 79.9. The number of nitrogens with one attached hydrogen (secondary N) is 1. The number of carbonyl (C=O) groups is 1. The Morgan fingerprint density at radius 1 is 1.18 bits per heavy atom. The van der Waals surface area contributed by atoms with E-state index in [-0.39, 0.29) is 5.56 Å². The Hall–Kier alpha value is -1.97. The average molecular weight is 456 g/mol. The lowest BCUT2D eigenvalue weighted by Gasteiger charge is -2.19. The molecule has 0 radical (unpaired) electrons. The minimum atomic E-state index is -0.516. The number of carbonyl (C=O) groups excluding carboxylic acids is 1. The minimum absolute atomic E-state index is 0.0978. The first-order valence-electron chi connectivity index (χ1n) is 9.03. The van der Waals surface area contributed by atoms with Crippen LogP contribution in [0.15, 0.2) is 33.8 Å². The molecule has 28 heavy (non-hydrogen) atoms. The van der Waals surface area contributed by atoms with Crippen molar-refractivity contribution in [3.8, 4) is 0 Å². The van der Waals surface area contributed by atoms with Crippen molar-refractivity contribution in [3.63, 3.8) is 0 Å². The van der Waals surface area contributed by atoms with Gasteiger partial charge in [0.2, 0.25) is 0 Å². The molecule has 2 aromatic rings. The summed E-state index contributed by atoms with van der Waals surface area (Å²) in [5.74, 6) is 0. The van der Waals surface area contributed by atoms with Crippen molar-refractivity contribution in [1.29, 1.82) is 0 Å². The maximum absolute atomic E-state index is 12.4. The van der Waals surface area contributed by atoms with Gasteiger partial charge < -0.3 is 19.5 Å². The number of alkyl carbamates (subject to hydrolysis) is 1. The third-order valence-electron chi connectivity index (χ3n) is 3.55. The molecular weight excluding hydrogens is 430 g/mol. The van der Waals surface area contributed by atoms with E-state index in [4.69, 9.17) is 14.2 Å². The van der Waals surface area contributed by atoms with Gasteiger partial charge in [-0.2, -0.15) is 0 Å². The fraction of sp³-hybridized carbons (Fsp3) is 0.526. The Balaban J connectivity index is 1.60. The highest BCUT2D eigenvalue weighted by molar-refractivity contribution is 9.10. The van der Waals surface area contributed by atoms with Crippen molar-refractivity contribution in [3.05, 3.63) is 39.4 Å². The van der Waals surface area contributed by atoms with Gasteiger partial charge in [0.1, 0.15) is 5.60 Å². The molecule has 8 nitrogen and oxygen atoms in total. The van der Waals surface area contributed by atoms with Gasteiger partial charge in [-0.05, 0) is 39.0 Å². The molecule has 0 atom stereocenters. The van der Waals surface area contributed by atoms with Crippen LogP contribution >= 0.6 is 15.9 Å². The van der Waals surface area contributed by atoms with Gasteiger partial charge in [-0.15, -0.1) is 0 Å². The molecular formula is C19H26BrN3O5. The van der Waals surface area contributed by atoms with Crippen molar-refractivity contribution < 1.29 is 19.0 Å². The molecule has 9 heteroatoms. The minimum Gasteiger partial charge on any atom is -0.444 e. The molecule has 1 aromatic heterocycles. The van der Waals surface area contributed by atoms with Crippen LogP contribution in [0, 0.1) is 0 Å². The van der Waals surface area contributed by atoms with Crippen LogP contribution in [-0.2, 0) is 20.8 Å². The zero-order chi connectivity index (χ0) is 20.6. The maximum atomic E-state index is 12.4. The Labute approximate surface area is 172 Å². The number of hydrogen-bond donors (Lipinski definition) is 1. The molecule has 0 saturated carbocycles. The summed E-state index contributed by atoms with van der Waals surface area (Å²) < 4.78 is 18.4. The Bertz CT molecular complexity index is 848. The van der Waals surface area contributed by atoms with Crippen molar-refractivity contribution >= 4 is 32.9 Å². The molecule has 0 aliphatic rings. The normalized spacial score (nSPS) is 11.6. The number of nitrogens with zero attached hydrogens (tertiary/aromatic N) is 2. The Kier molecular flexibility index (Phi) is 8.40. The molecule has 0 unspecified atom stereocenters. The van der Waals surface area contributed by atoms with E-state index in [2.05, 4.69) is 26.2 Å². The highest BCUT2D eigenvalue weighted by Crippen LogP contribution is 2.14. The number of halogens is 1. The predicted molar refractivity (Wildman–Crippen MR) is 110 cm³/mol. The lowest BCUT2D eigenvalue weighted by Crippen LogP contribution is -2.34. The first kappa shape index (κ1) is 22.3. The summed E-state index contributed by atoms with van der Waals surface area (Å²) in [4.78, 5) is 28.2. The number of fused-ring (bicyclic) bond motifs is 1. The van der Waals surface area contributed by atoms with Gasteiger partial charge in [0, 0.05) is 11.0 Å². The van der Waals surface area contributed by atoms with Gasteiger partial charge in [0.15, 0.2) is 0 Å². The van der Waals surface area contributed by atoms with E-state index in [1.807, 2.05) is 6.07 Å². The summed E-state index contributed by atoms with van der Waals surface area (Å²) in [5.41, 5.74) is 0.0516. The van der Waals surface area contributed by atoms with Crippen LogP contribution in [-0.4, -0.2) is 54.2 Å². The summed E-state index contributed by atoms with van der Waals surface area (Å²) >= 11 is 3.37. The lowest BCUT2D eigenvalue weighted by atomic mass is 10.2. The third-order valence-corrected chi connectivity index (χ3v) is 4.04. The average Bonchev–Trinajstić information content (AvgIpc) is 2.61. The van der Waals surface area contributed by atoms with Crippen molar-refractivity contribution in [1.82, 2.24) is 14.9 Å². The van der Waals surface area contributed by atoms with Gasteiger partial charge in [-0.3, -0.25) is 9.36 Å². The first-order valence-corrected chi connectivity index (χ1v) is 9.82. The smallest absolute Gasteiger partial charge is 0.407 e. The molecule has 1 N–H and O–H groups in total. The lowest BCUT2D eigenvalue weighted by molar-refractivity contribution is 0.0381. The quantitative estimate of drug-likeness (QED) is 0.584. The van der Waals surface area contributed by atoms with Crippen LogP contribution in [0.2, 0.25) is 0 Å².